The summed E-state index contributed by atoms with van der Waals surface area (Å²) in [5, 5.41) is 9.02. The van der Waals surface area contributed by atoms with Gasteiger partial charge in [-0.3, -0.25) is 0 Å². The zero-order valence-electron chi connectivity index (χ0n) is 10.1. The van der Waals surface area contributed by atoms with Gasteiger partial charge in [-0.05, 0) is 68.7 Å². The van der Waals surface area contributed by atoms with Gasteiger partial charge in [-0.25, -0.2) is 0 Å². The van der Waals surface area contributed by atoms with Crippen LogP contribution in [0.5, 0.6) is 0 Å². The Hall–Kier alpha value is -0.380. The molecule has 0 saturated carbocycles. The summed E-state index contributed by atoms with van der Waals surface area (Å²) < 4.78 is 0. The maximum Gasteiger partial charge on any atom is 0.00805 e. The molecule has 2 rings (SSSR count). The summed E-state index contributed by atoms with van der Waals surface area (Å²) in [6.07, 6.45) is 5.27. The third-order valence-corrected chi connectivity index (χ3v) is 4.34. The number of nitrogens with one attached hydrogen (secondary N) is 2. The highest BCUT2D eigenvalue weighted by atomic mass is 32.1. The first-order valence-electron chi connectivity index (χ1n) is 6.33. The zero-order valence-corrected chi connectivity index (χ0v) is 10.9. The van der Waals surface area contributed by atoms with Gasteiger partial charge in [-0.2, -0.15) is 0 Å². The number of fused-ring (bicyclic) bond motifs is 1. The number of hydrogen-bond donors (Lipinski definition) is 2. The van der Waals surface area contributed by atoms with E-state index in [0.29, 0.717) is 0 Å². The van der Waals surface area contributed by atoms with Crippen LogP contribution in [0.2, 0.25) is 0 Å². The molecular weight excluding hydrogens is 216 g/mol. The molecule has 1 heterocycles. The lowest BCUT2D eigenvalue weighted by molar-refractivity contribution is 0.505. The van der Waals surface area contributed by atoms with Crippen LogP contribution in [0, 0.1) is 0 Å². The molecule has 0 amide bonds. The van der Waals surface area contributed by atoms with Gasteiger partial charge in [-0.15, -0.1) is 11.3 Å². The van der Waals surface area contributed by atoms with Gasteiger partial charge in [0.05, 0.1) is 0 Å². The second kappa shape index (κ2) is 6.38. The minimum absolute atomic E-state index is 0.768. The maximum atomic E-state index is 3.59. The third-order valence-electron chi connectivity index (χ3n) is 3.35. The molecule has 1 aliphatic rings. The predicted molar refractivity (Wildman–Crippen MR) is 71.4 cm³/mol. The van der Waals surface area contributed by atoms with Crippen molar-refractivity contribution in [1.29, 1.82) is 0 Å². The minimum atomic E-state index is 0.768. The van der Waals surface area contributed by atoms with E-state index in [9.17, 15) is 0 Å². The van der Waals surface area contributed by atoms with Crippen molar-refractivity contribution in [2.45, 2.75) is 31.6 Å². The highest BCUT2D eigenvalue weighted by molar-refractivity contribution is 7.10. The van der Waals surface area contributed by atoms with Crippen LogP contribution in [0.4, 0.5) is 0 Å². The molecule has 0 spiro atoms. The Balaban J connectivity index is 1.75. The molecule has 0 aliphatic heterocycles. The van der Waals surface area contributed by atoms with Crippen molar-refractivity contribution in [3.63, 3.8) is 0 Å². The van der Waals surface area contributed by atoms with E-state index < -0.39 is 0 Å². The summed E-state index contributed by atoms with van der Waals surface area (Å²) in [5.41, 5.74) is 1.62. The fourth-order valence-electron chi connectivity index (χ4n) is 2.46. The molecule has 2 N–H and O–H groups in total. The lowest BCUT2D eigenvalue weighted by atomic mass is 9.88. The molecule has 0 saturated heterocycles. The summed E-state index contributed by atoms with van der Waals surface area (Å²) in [4.78, 5) is 1.63. The number of hydrogen-bond acceptors (Lipinski definition) is 3. The molecular formula is C13H22N2S. The molecule has 3 heteroatoms. The molecule has 16 heavy (non-hydrogen) atoms. The summed E-state index contributed by atoms with van der Waals surface area (Å²) in [6.45, 7) is 3.41. The second-order valence-corrected chi connectivity index (χ2v) is 5.55. The standard InChI is InChI=1S/C13H22N2S/c1-14-7-3-8-15-10-11-4-2-5-13-12(11)6-9-16-13/h6,9,11,14-15H,2-5,7-8,10H2,1H3. The summed E-state index contributed by atoms with van der Waals surface area (Å²) >= 11 is 1.94. The molecule has 90 valence electrons. The Labute approximate surface area is 102 Å². The highest BCUT2D eigenvalue weighted by Crippen LogP contribution is 2.34. The Kier molecular flexibility index (Phi) is 4.82. The Morgan fingerprint density at radius 1 is 1.44 bits per heavy atom. The van der Waals surface area contributed by atoms with Crippen molar-refractivity contribution < 1.29 is 0 Å². The van der Waals surface area contributed by atoms with Gasteiger partial charge < -0.3 is 10.6 Å². The first-order chi connectivity index (χ1) is 7.92. The predicted octanol–water partition coefficient (Wildman–Crippen LogP) is 2.37. The molecule has 1 atom stereocenters. The maximum absolute atomic E-state index is 3.59. The van der Waals surface area contributed by atoms with Crippen LogP contribution >= 0.6 is 11.3 Å². The first kappa shape index (κ1) is 12.1. The lowest BCUT2D eigenvalue weighted by Gasteiger charge is -2.22. The van der Waals surface area contributed by atoms with Crippen molar-refractivity contribution in [1.82, 2.24) is 10.6 Å². The van der Waals surface area contributed by atoms with Crippen LogP contribution in [0.15, 0.2) is 11.4 Å². The van der Waals surface area contributed by atoms with Crippen LogP contribution in [0.25, 0.3) is 0 Å². The Morgan fingerprint density at radius 3 is 3.25 bits per heavy atom. The van der Waals surface area contributed by atoms with E-state index in [1.807, 2.05) is 18.4 Å². The third kappa shape index (κ3) is 3.06. The van der Waals surface area contributed by atoms with Gasteiger partial charge in [0, 0.05) is 11.4 Å². The minimum Gasteiger partial charge on any atom is -0.320 e. The Bertz CT molecular complexity index is 309. The average molecular weight is 238 g/mol. The number of rotatable bonds is 6. The highest BCUT2D eigenvalue weighted by Gasteiger charge is 2.20. The van der Waals surface area contributed by atoms with Crippen LogP contribution in [0.3, 0.4) is 0 Å². The van der Waals surface area contributed by atoms with Gasteiger partial charge in [-0.1, -0.05) is 0 Å². The monoisotopic (exact) mass is 238 g/mol. The molecule has 2 nitrogen and oxygen atoms in total. The van der Waals surface area contributed by atoms with E-state index in [0.717, 1.165) is 25.6 Å². The smallest absolute Gasteiger partial charge is 0.00805 e. The average Bonchev–Trinajstić information content (AvgIpc) is 2.77. The van der Waals surface area contributed by atoms with Gasteiger partial charge in [0.15, 0.2) is 0 Å². The number of thiophene rings is 1. The van der Waals surface area contributed by atoms with E-state index in [-0.39, 0.29) is 0 Å². The topological polar surface area (TPSA) is 24.1 Å². The molecule has 0 fully saturated rings. The molecule has 1 aromatic rings. The van der Waals surface area contributed by atoms with Crippen molar-refractivity contribution in [2.24, 2.45) is 0 Å². The normalized spacial score (nSPS) is 19.7. The SMILES string of the molecule is CNCCCNCC1CCCc2sccc21. The fraction of sp³-hybridized carbons (Fsp3) is 0.692. The Morgan fingerprint density at radius 2 is 2.38 bits per heavy atom. The van der Waals surface area contributed by atoms with Crippen molar-refractivity contribution in [3.05, 3.63) is 21.9 Å². The van der Waals surface area contributed by atoms with Crippen molar-refractivity contribution >= 4 is 11.3 Å². The van der Waals surface area contributed by atoms with Crippen LogP contribution in [-0.4, -0.2) is 26.7 Å². The van der Waals surface area contributed by atoms with Crippen LogP contribution in [0.1, 0.15) is 35.6 Å². The van der Waals surface area contributed by atoms with Crippen LogP contribution in [-0.2, 0) is 6.42 Å². The first-order valence-corrected chi connectivity index (χ1v) is 7.21. The number of aryl methyl sites for hydroxylation is 1. The van der Waals surface area contributed by atoms with E-state index in [1.54, 1.807) is 10.4 Å². The van der Waals surface area contributed by atoms with Crippen molar-refractivity contribution in [2.75, 3.05) is 26.7 Å². The largest absolute Gasteiger partial charge is 0.320 e. The molecule has 0 aromatic carbocycles. The molecule has 1 unspecified atom stereocenters. The van der Waals surface area contributed by atoms with Gasteiger partial charge in [0.2, 0.25) is 0 Å². The molecule has 1 aromatic heterocycles. The fourth-order valence-corrected chi connectivity index (χ4v) is 3.47. The van der Waals surface area contributed by atoms with Gasteiger partial charge >= 0.3 is 0 Å². The van der Waals surface area contributed by atoms with Crippen molar-refractivity contribution in [3.8, 4) is 0 Å². The van der Waals surface area contributed by atoms with E-state index in [4.69, 9.17) is 0 Å². The quantitative estimate of drug-likeness (QED) is 0.744. The van der Waals surface area contributed by atoms with E-state index >= 15 is 0 Å². The summed E-state index contributed by atoms with van der Waals surface area (Å²) in [5.74, 6) is 0.768. The molecule has 0 radical (unpaired) electrons. The molecule has 1 aliphatic carbocycles. The summed E-state index contributed by atoms with van der Waals surface area (Å²) in [6, 6.07) is 2.33. The lowest BCUT2D eigenvalue weighted by Crippen LogP contribution is -2.26. The van der Waals surface area contributed by atoms with E-state index in [2.05, 4.69) is 22.1 Å². The van der Waals surface area contributed by atoms with Gasteiger partial charge in [0.25, 0.3) is 0 Å². The van der Waals surface area contributed by atoms with E-state index in [1.165, 1.54) is 25.7 Å². The van der Waals surface area contributed by atoms with Gasteiger partial charge in [0.1, 0.15) is 0 Å². The van der Waals surface area contributed by atoms with Crippen LogP contribution < -0.4 is 10.6 Å². The summed E-state index contributed by atoms with van der Waals surface area (Å²) in [7, 11) is 2.01. The molecule has 0 bridgehead atoms. The second-order valence-electron chi connectivity index (χ2n) is 4.55. The zero-order chi connectivity index (χ0) is 11.2.